The molecule has 0 spiro atoms. The van der Waals surface area contributed by atoms with Crippen molar-refractivity contribution in [1.82, 2.24) is 9.80 Å². The molecule has 3 saturated heterocycles. The smallest absolute Gasteiger partial charge is 0.0433 e. The van der Waals surface area contributed by atoms with Crippen LogP contribution >= 0.6 is 11.8 Å². The molecule has 0 bridgehead atoms. The first-order valence-corrected chi connectivity index (χ1v) is 8.59. The summed E-state index contributed by atoms with van der Waals surface area (Å²) in [6.07, 6.45) is 5.47. The summed E-state index contributed by atoms with van der Waals surface area (Å²) >= 11 is 2.11. The molecule has 3 nitrogen and oxygen atoms in total. The van der Waals surface area contributed by atoms with E-state index in [2.05, 4.69) is 28.5 Å². The van der Waals surface area contributed by atoms with Crippen molar-refractivity contribution in [3.63, 3.8) is 0 Å². The Morgan fingerprint density at radius 1 is 1.28 bits per heavy atom. The molecule has 3 atom stereocenters. The largest absolute Gasteiger partial charge is 0.329 e. The van der Waals surface area contributed by atoms with Crippen molar-refractivity contribution in [1.29, 1.82) is 0 Å². The summed E-state index contributed by atoms with van der Waals surface area (Å²) in [5, 5.41) is 0.791. The van der Waals surface area contributed by atoms with Gasteiger partial charge in [0.05, 0.1) is 0 Å². The SMILES string of the molecule is CC1CC(CN)(N2CCC(N3CCCC3)C2)CS1. The summed E-state index contributed by atoms with van der Waals surface area (Å²) in [5.74, 6) is 1.25. The fourth-order valence-corrected chi connectivity index (χ4v) is 5.46. The molecule has 0 aromatic heterocycles. The number of nitrogens with two attached hydrogens (primary N) is 1. The van der Waals surface area contributed by atoms with Gasteiger partial charge < -0.3 is 5.73 Å². The second-order valence-corrected chi connectivity index (χ2v) is 7.81. The standard InChI is InChI=1S/C14H27N3S/c1-12-8-14(10-15,11-18-12)17-7-4-13(9-17)16-5-2-3-6-16/h12-13H,2-11,15H2,1H3. The topological polar surface area (TPSA) is 32.5 Å². The lowest BCUT2D eigenvalue weighted by Crippen LogP contribution is -2.54. The van der Waals surface area contributed by atoms with Crippen LogP contribution in [0.25, 0.3) is 0 Å². The van der Waals surface area contributed by atoms with Crippen molar-refractivity contribution in [3.05, 3.63) is 0 Å². The average molecular weight is 269 g/mol. The first-order valence-electron chi connectivity index (χ1n) is 7.54. The van der Waals surface area contributed by atoms with E-state index in [1.165, 1.54) is 57.6 Å². The Morgan fingerprint density at radius 2 is 2.06 bits per heavy atom. The number of rotatable bonds is 3. The molecule has 0 amide bonds. The average Bonchev–Trinajstić information content (AvgIpc) is 3.09. The van der Waals surface area contributed by atoms with E-state index in [0.717, 1.165) is 17.8 Å². The molecule has 3 aliphatic rings. The Balaban J connectivity index is 1.63. The molecule has 0 aliphatic carbocycles. The third-order valence-corrected chi connectivity index (χ3v) is 6.61. The van der Waals surface area contributed by atoms with E-state index < -0.39 is 0 Å². The first-order chi connectivity index (χ1) is 8.73. The van der Waals surface area contributed by atoms with Gasteiger partial charge in [0, 0.05) is 42.2 Å². The van der Waals surface area contributed by atoms with Crippen LogP contribution in [0.4, 0.5) is 0 Å². The van der Waals surface area contributed by atoms with E-state index in [0.29, 0.717) is 5.54 Å². The quantitative estimate of drug-likeness (QED) is 0.839. The maximum atomic E-state index is 6.14. The fourth-order valence-electron chi connectivity index (χ4n) is 4.02. The van der Waals surface area contributed by atoms with Crippen LogP contribution in [0.15, 0.2) is 0 Å². The van der Waals surface area contributed by atoms with Gasteiger partial charge in [-0.25, -0.2) is 0 Å². The monoisotopic (exact) mass is 269 g/mol. The number of hydrogen-bond acceptors (Lipinski definition) is 4. The Kier molecular flexibility index (Phi) is 3.90. The van der Waals surface area contributed by atoms with Gasteiger partial charge in [-0.3, -0.25) is 9.80 Å². The molecule has 3 heterocycles. The van der Waals surface area contributed by atoms with Crippen LogP contribution < -0.4 is 5.73 Å². The molecule has 2 N–H and O–H groups in total. The lowest BCUT2D eigenvalue weighted by atomic mass is 9.94. The predicted molar refractivity (Wildman–Crippen MR) is 79.1 cm³/mol. The van der Waals surface area contributed by atoms with Crippen molar-refractivity contribution < 1.29 is 0 Å². The van der Waals surface area contributed by atoms with Gasteiger partial charge in [-0.2, -0.15) is 11.8 Å². The van der Waals surface area contributed by atoms with Crippen LogP contribution in [-0.4, -0.2) is 65.1 Å². The third-order valence-electron chi connectivity index (χ3n) is 5.18. The number of nitrogens with zero attached hydrogens (tertiary/aromatic N) is 2. The van der Waals surface area contributed by atoms with Gasteiger partial charge in [0.1, 0.15) is 0 Å². The highest BCUT2D eigenvalue weighted by Gasteiger charge is 2.45. The maximum Gasteiger partial charge on any atom is 0.0433 e. The van der Waals surface area contributed by atoms with Gasteiger partial charge in [-0.05, 0) is 38.8 Å². The van der Waals surface area contributed by atoms with E-state index >= 15 is 0 Å². The van der Waals surface area contributed by atoms with E-state index in [9.17, 15) is 0 Å². The van der Waals surface area contributed by atoms with Crippen molar-refractivity contribution in [3.8, 4) is 0 Å². The van der Waals surface area contributed by atoms with E-state index in [1.807, 2.05) is 0 Å². The van der Waals surface area contributed by atoms with Gasteiger partial charge in [0.2, 0.25) is 0 Å². The molecular weight excluding hydrogens is 242 g/mol. The third kappa shape index (κ3) is 2.33. The summed E-state index contributed by atoms with van der Waals surface area (Å²) in [6.45, 7) is 8.40. The zero-order valence-electron chi connectivity index (χ0n) is 11.6. The molecule has 0 radical (unpaired) electrons. The van der Waals surface area contributed by atoms with Gasteiger partial charge in [0.15, 0.2) is 0 Å². The summed E-state index contributed by atoms with van der Waals surface area (Å²) in [4.78, 5) is 5.45. The number of likely N-dealkylation sites (tertiary alicyclic amines) is 2. The van der Waals surface area contributed by atoms with Crippen LogP contribution in [-0.2, 0) is 0 Å². The molecular formula is C14H27N3S. The summed E-state index contributed by atoms with van der Waals surface area (Å²) in [5.41, 5.74) is 6.46. The molecule has 3 aliphatic heterocycles. The molecule has 0 aromatic rings. The van der Waals surface area contributed by atoms with Crippen molar-refractivity contribution in [2.24, 2.45) is 5.73 Å². The number of hydrogen-bond donors (Lipinski definition) is 1. The first kappa shape index (κ1) is 13.2. The van der Waals surface area contributed by atoms with Gasteiger partial charge in [0.25, 0.3) is 0 Å². The highest BCUT2D eigenvalue weighted by atomic mass is 32.2. The normalized spacial score (nSPS) is 43.0. The minimum atomic E-state index is 0.318. The van der Waals surface area contributed by atoms with Crippen molar-refractivity contribution in [2.75, 3.05) is 38.5 Å². The summed E-state index contributed by atoms with van der Waals surface area (Å²) in [6, 6.07) is 0.817. The van der Waals surface area contributed by atoms with Gasteiger partial charge in [-0.15, -0.1) is 0 Å². The Bertz CT molecular complexity index is 293. The lowest BCUT2D eigenvalue weighted by molar-refractivity contribution is 0.129. The molecule has 104 valence electrons. The van der Waals surface area contributed by atoms with Crippen molar-refractivity contribution in [2.45, 2.75) is 49.4 Å². The second kappa shape index (κ2) is 5.31. The van der Waals surface area contributed by atoms with Crippen LogP contribution in [0.3, 0.4) is 0 Å². The molecule has 18 heavy (non-hydrogen) atoms. The number of thioether (sulfide) groups is 1. The zero-order chi connectivity index (χ0) is 12.6. The van der Waals surface area contributed by atoms with E-state index in [1.54, 1.807) is 0 Å². The molecule has 4 heteroatoms. The minimum Gasteiger partial charge on any atom is -0.329 e. The van der Waals surface area contributed by atoms with Crippen LogP contribution in [0, 0.1) is 0 Å². The highest BCUT2D eigenvalue weighted by molar-refractivity contribution is 8.00. The van der Waals surface area contributed by atoms with Crippen LogP contribution in [0.1, 0.15) is 32.6 Å². The summed E-state index contributed by atoms with van der Waals surface area (Å²) in [7, 11) is 0. The lowest BCUT2D eigenvalue weighted by Gasteiger charge is -2.38. The Morgan fingerprint density at radius 3 is 2.67 bits per heavy atom. The molecule has 3 fully saturated rings. The Labute approximate surface area is 115 Å². The van der Waals surface area contributed by atoms with E-state index in [4.69, 9.17) is 5.73 Å². The fraction of sp³-hybridized carbons (Fsp3) is 1.00. The maximum absolute atomic E-state index is 6.14. The molecule has 3 unspecified atom stereocenters. The van der Waals surface area contributed by atoms with Crippen molar-refractivity contribution >= 4 is 11.8 Å². The highest BCUT2D eigenvalue weighted by Crippen LogP contribution is 2.40. The predicted octanol–water partition coefficient (Wildman–Crippen LogP) is 1.38. The molecule has 0 saturated carbocycles. The van der Waals surface area contributed by atoms with E-state index in [-0.39, 0.29) is 0 Å². The Hall–Kier alpha value is 0.230. The van der Waals surface area contributed by atoms with Gasteiger partial charge >= 0.3 is 0 Å². The van der Waals surface area contributed by atoms with Crippen LogP contribution in [0.5, 0.6) is 0 Å². The van der Waals surface area contributed by atoms with Crippen LogP contribution in [0.2, 0.25) is 0 Å². The minimum absolute atomic E-state index is 0.318. The molecule has 3 rings (SSSR count). The molecule has 0 aromatic carbocycles. The summed E-state index contributed by atoms with van der Waals surface area (Å²) < 4.78 is 0. The zero-order valence-corrected chi connectivity index (χ0v) is 12.4. The van der Waals surface area contributed by atoms with Gasteiger partial charge in [-0.1, -0.05) is 6.92 Å². The second-order valence-electron chi connectivity index (χ2n) is 6.39.